The van der Waals surface area contributed by atoms with Crippen molar-refractivity contribution in [2.75, 3.05) is 6.54 Å². The highest BCUT2D eigenvalue weighted by Gasteiger charge is 2.32. The highest BCUT2D eigenvalue weighted by Crippen LogP contribution is 2.34. The van der Waals surface area contributed by atoms with Crippen molar-refractivity contribution in [3.05, 3.63) is 0 Å². The van der Waals surface area contributed by atoms with Gasteiger partial charge in [0, 0.05) is 6.04 Å². The van der Waals surface area contributed by atoms with Gasteiger partial charge in [-0.3, -0.25) is 0 Å². The largest absolute Gasteiger partial charge is 0.372 e. The molecule has 0 amide bonds. The van der Waals surface area contributed by atoms with Gasteiger partial charge in [-0.1, -0.05) is 19.8 Å². The van der Waals surface area contributed by atoms with Crippen LogP contribution in [0.4, 0.5) is 0 Å². The van der Waals surface area contributed by atoms with Gasteiger partial charge in [0.25, 0.3) is 0 Å². The molecule has 0 radical (unpaired) electrons. The van der Waals surface area contributed by atoms with Gasteiger partial charge in [-0.2, -0.15) is 0 Å². The molecule has 2 unspecified atom stereocenters. The Hall–Kier alpha value is -0.0800. The average molecular weight is 253 g/mol. The normalized spacial score (nSPS) is 29.8. The summed E-state index contributed by atoms with van der Waals surface area (Å²) in [6.07, 6.45) is 11.3. The smallest absolute Gasteiger partial charge is 0.0631 e. The third kappa shape index (κ3) is 3.96. The topological polar surface area (TPSA) is 21.3 Å². The minimum Gasteiger partial charge on any atom is -0.372 e. The summed E-state index contributed by atoms with van der Waals surface area (Å²) in [4.78, 5) is 0. The van der Waals surface area contributed by atoms with Crippen molar-refractivity contribution in [3.8, 4) is 0 Å². The van der Waals surface area contributed by atoms with Crippen molar-refractivity contribution >= 4 is 0 Å². The van der Waals surface area contributed by atoms with E-state index in [0.29, 0.717) is 6.10 Å². The number of hydrogen-bond acceptors (Lipinski definition) is 2. The predicted octanol–water partition coefficient (Wildman–Crippen LogP) is 3.89. The molecule has 2 fully saturated rings. The number of nitrogens with one attached hydrogen (secondary N) is 1. The average Bonchev–Trinajstić information content (AvgIpc) is 2.94. The molecule has 0 aromatic rings. The van der Waals surface area contributed by atoms with Crippen molar-refractivity contribution in [2.45, 2.75) is 89.9 Å². The van der Waals surface area contributed by atoms with E-state index in [0.717, 1.165) is 18.5 Å². The van der Waals surface area contributed by atoms with Gasteiger partial charge >= 0.3 is 0 Å². The minimum atomic E-state index is 0.131. The highest BCUT2D eigenvalue weighted by atomic mass is 16.5. The van der Waals surface area contributed by atoms with Crippen LogP contribution in [0.2, 0.25) is 0 Å². The summed E-state index contributed by atoms with van der Waals surface area (Å²) in [5.41, 5.74) is 0.131. The van der Waals surface area contributed by atoms with Crippen LogP contribution in [0.5, 0.6) is 0 Å². The minimum absolute atomic E-state index is 0.131. The first kappa shape index (κ1) is 14.3. The van der Waals surface area contributed by atoms with E-state index in [1.165, 1.54) is 51.4 Å². The van der Waals surface area contributed by atoms with Gasteiger partial charge in [0.05, 0.1) is 11.7 Å². The van der Waals surface area contributed by atoms with Gasteiger partial charge in [0.2, 0.25) is 0 Å². The third-order valence-electron chi connectivity index (χ3n) is 4.79. The predicted molar refractivity (Wildman–Crippen MR) is 76.8 cm³/mol. The first-order chi connectivity index (χ1) is 8.61. The summed E-state index contributed by atoms with van der Waals surface area (Å²) in [5, 5.41) is 3.71. The fourth-order valence-electron chi connectivity index (χ4n) is 3.77. The van der Waals surface area contributed by atoms with E-state index in [-0.39, 0.29) is 5.60 Å². The van der Waals surface area contributed by atoms with E-state index in [4.69, 9.17) is 4.74 Å². The lowest BCUT2D eigenvalue weighted by molar-refractivity contribution is -0.0204. The maximum atomic E-state index is 6.11. The van der Waals surface area contributed by atoms with E-state index in [2.05, 4.69) is 26.1 Å². The van der Waals surface area contributed by atoms with Gasteiger partial charge < -0.3 is 10.1 Å². The van der Waals surface area contributed by atoms with E-state index < -0.39 is 0 Å². The Kier molecular flexibility index (Phi) is 5.08. The maximum absolute atomic E-state index is 6.11. The van der Waals surface area contributed by atoms with Crippen LogP contribution in [-0.2, 0) is 4.74 Å². The molecule has 2 heteroatoms. The second-order valence-electron chi connectivity index (χ2n) is 6.82. The van der Waals surface area contributed by atoms with Gasteiger partial charge in [-0.25, -0.2) is 0 Å². The summed E-state index contributed by atoms with van der Waals surface area (Å²) in [6, 6.07) is 0.741. The van der Waals surface area contributed by atoms with E-state index >= 15 is 0 Å². The fourth-order valence-corrected chi connectivity index (χ4v) is 3.77. The molecule has 2 nitrogen and oxygen atoms in total. The molecule has 0 aromatic carbocycles. The molecule has 106 valence electrons. The molecule has 1 saturated heterocycles. The zero-order valence-corrected chi connectivity index (χ0v) is 12.5. The van der Waals surface area contributed by atoms with Crippen LogP contribution < -0.4 is 5.32 Å². The molecule has 1 saturated carbocycles. The molecule has 0 bridgehead atoms. The molecule has 2 aliphatic rings. The monoisotopic (exact) mass is 253 g/mol. The van der Waals surface area contributed by atoms with Gasteiger partial charge in [0.15, 0.2) is 0 Å². The van der Waals surface area contributed by atoms with E-state index in [9.17, 15) is 0 Å². The van der Waals surface area contributed by atoms with Crippen LogP contribution >= 0.6 is 0 Å². The van der Waals surface area contributed by atoms with Crippen molar-refractivity contribution in [2.24, 2.45) is 5.92 Å². The van der Waals surface area contributed by atoms with Crippen molar-refractivity contribution in [1.29, 1.82) is 0 Å². The van der Waals surface area contributed by atoms with Gasteiger partial charge in [-0.15, -0.1) is 0 Å². The number of ether oxygens (including phenoxy) is 1. The molecule has 2 atom stereocenters. The molecule has 1 aliphatic carbocycles. The molecule has 1 N–H and O–H groups in total. The van der Waals surface area contributed by atoms with E-state index in [1.807, 2.05) is 0 Å². The van der Waals surface area contributed by atoms with Crippen LogP contribution in [0.15, 0.2) is 0 Å². The summed E-state index contributed by atoms with van der Waals surface area (Å²) in [6.45, 7) is 7.80. The standard InChI is InChI=1S/C16H31NO/c1-4-17-15(13-7-5-6-8-13)10-9-14-11-12-16(2,3)18-14/h13-15,17H,4-12H2,1-3H3. The molecule has 0 spiro atoms. The van der Waals surface area contributed by atoms with Crippen molar-refractivity contribution in [3.63, 3.8) is 0 Å². The molecular weight excluding hydrogens is 222 g/mol. The summed E-state index contributed by atoms with van der Waals surface area (Å²) in [7, 11) is 0. The van der Waals surface area contributed by atoms with E-state index in [1.54, 1.807) is 0 Å². The summed E-state index contributed by atoms with van der Waals surface area (Å²) >= 11 is 0. The van der Waals surface area contributed by atoms with Crippen molar-refractivity contribution in [1.82, 2.24) is 5.32 Å². The van der Waals surface area contributed by atoms with Gasteiger partial charge in [0.1, 0.15) is 0 Å². The van der Waals surface area contributed by atoms with Crippen LogP contribution in [0.25, 0.3) is 0 Å². The SMILES string of the molecule is CCNC(CCC1CCC(C)(C)O1)C1CCCC1. The Bertz CT molecular complexity index is 245. The number of rotatable bonds is 6. The van der Waals surface area contributed by atoms with Gasteiger partial charge in [-0.05, 0) is 64.8 Å². The molecule has 2 rings (SSSR count). The van der Waals surface area contributed by atoms with Crippen LogP contribution in [0, 0.1) is 5.92 Å². The molecular formula is C16H31NO. The highest BCUT2D eigenvalue weighted by molar-refractivity contribution is 4.85. The quantitative estimate of drug-likeness (QED) is 0.775. The Morgan fingerprint density at radius 1 is 1.22 bits per heavy atom. The Labute approximate surface area is 113 Å². The molecule has 0 aromatic heterocycles. The zero-order chi connectivity index (χ0) is 13.0. The molecule has 1 heterocycles. The number of hydrogen-bond donors (Lipinski definition) is 1. The second-order valence-corrected chi connectivity index (χ2v) is 6.82. The van der Waals surface area contributed by atoms with Crippen molar-refractivity contribution < 1.29 is 4.74 Å². The van der Waals surface area contributed by atoms with Crippen LogP contribution in [0.1, 0.15) is 72.1 Å². The summed E-state index contributed by atoms with van der Waals surface area (Å²) in [5.74, 6) is 0.930. The summed E-state index contributed by atoms with van der Waals surface area (Å²) < 4.78 is 6.11. The lowest BCUT2D eigenvalue weighted by Crippen LogP contribution is -2.36. The molecule has 1 aliphatic heterocycles. The molecule has 18 heavy (non-hydrogen) atoms. The lowest BCUT2D eigenvalue weighted by atomic mass is 9.92. The second kappa shape index (κ2) is 6.38. The Morgan fingerprint density at radius 2 is 1.94 bits per heavy atom. The zero-order valence-electron chi connectivity index (χ0n) is 12.5. The fraction of sp³-hybridized carbons (Fsp3) is 1.00. The third-order valence-corrected chi connectivity index (χ3v) is 4.79. The lowest BCUT2D eigenvalue weighted by Gasteiger charge is -2.26. The van der Waals surface area contributed by atoms with Crippen LogP contribution in [-0.4, -0.2) is 24.3 Å². The Morgan fingerprint density at radius 3 is 2.50 bits per heavy atom. The Balaban J connectivity index is 1.75. The van der Waals surface area contributed by atoms with Crippen LogP contribution in [0.3, 0.4) is 0 Å². The first-order valence-corrected chi connectivity index (χ1v) is 8.02. The first-order valence-electron chi connectivity index (χ1n) is 8.02. The maximum Gasteiger partial charge on any atom is 0.0631 e.